The highest BCUT2D eigenvalue weighted by atomic mass is 79.9. The van der Waals surface area contributed by atoms with Crippen LogP contribution in [0.5, 0.6) is 0 Å². The maximum absolute atomic E-state index is 11.8. The molecule has 1 aromatic rings. The molecule has 1 fully saturated rings. The van der Waals surface area contributed by atoms with Crippen molar-refractivity contribution in [3.63, 3.8) is 0 Å². The highest BCUT2D eigenvalue weighted by molar-refractivity contribution is 9.10. The van der Waals surface area contributed by atoms with Crippen molar-refractivity contribution >= 4 is 21.9 Å². The molecule has 1 aliphatic heterocycles. The normalized spacial score (nSPS) is 17.7. The number of ether oxygens (including phenoxy) is 2. The molecule has 4 nitrogen and oxygen atoms in total. The Balaban J connectivity index is 2.13. The van der Waals surface area contributed by atoms with Crippen LogP contribution in [0.2, 0.25) is 0 Å². The zero-order chi connectivity index (χ0) is 14.4. The number of benzene rings is 1. The first-order valence-corrected chi connectivity index (χ1v) is 7.73. The van der Waals surface area contributed by atoms with Crippen LogP contribution in [-0.2, 0) is 14.3 Å². The van der Waals surface area contributed by atoms with E-state index in [2.05, 4.69) is 33.0 Å². The van der Waals surface area contributed by atoms with Gasteiger partial charge in [-0.3, -0.25) is 9.69 Å². The Morgan fingerprint density at radius 1 is 1.35 bits per heavy atom. The molecule has 1 unspecified atom stereocenters. The van der Waals surface area contributed by atoms with Crippen molar-refractivity contribution in [1.29, 1.82) is 0 Å². The minimum absolute atomic E-state index is 0.0612. The first-order valence-electron chi connectivity index (χ1n) is 6.93. The summed E-state index contributed by atoms with van der Waals surface area (Å²) < 4.78 is 11.5. The number of esters is 1. The molecule has 1 aromatic carbocycles. The Hall–Kier alpha value is -0.910. The molecule has 1 atom stereocenters. The van der Waals surface area contributed by atoms with Crippen molar-refractivity contribution in [3.05, 3.63) is 34.3 Å². The summed E-state index contributed by atoms with van der Waals surface area (Å²) in [5, 5.41) is 0. The highest BCUT2D eigenvalue weighted by Crippen LogP contribution is 2.27. The average molecular weight is 342 g/mol. The number of halogens is 1. The number of morpholine rings is 1. The van der Waals surface area contributed by atoms with E-state index in [1.807, 2.05) is 19.1 Å². The van der Waals surface area contributed by atoms with Crippen molar-refractivity contribution < 1.29 is 14.3 Å². The third-order valence-electron chi connectivity index (χ3n) is 3.41. The predicted molar refractivity (Wildman–Crippen MR) is 80.5 cm³/mol. The molecule has 5 heteroatoms. The van der Waals surface area contributed by atoms with Gasteiger partial charge in [-0.2, -0.15) is 0 Å². The van der Waals surface area contributed by atoms with E-state index in [4.69, 9.17) is 9.47 Å². The van der Waals surface area contributed by atoms with E-state index in [0.29, 0.717) is 13.0 Å². The van der Waals surface area contributed by atoms with Crippen LogP contribution in [-0.4, -0.2) is 43.8 Å². The van der Waals surface area contributed by atoms with Crippen molar-refractivity contribution in [2.24, 2.45) is 0 Å². The summed E-state index contributed by atoms with van der Waals surface area (Å²) in [4.78, 5) is 14.1. The number of nitrogens with zero attached hydrogens (tertiary/aromatic N) is 1. The molecule has 0 aliphatic carbocycles. The van der Waals surface area contributed by atoms with Gasteiger partial charge in [0.15, 0.2) is 0 Å². The van der Waals surface area contributed by atoms with Crippen molar-refractivity contribution in [3.8, 4) is 0 Å². The second-order valence-corrected chi connectivity index (χ2v) is 5.64. The lowest BCUT2D eigenvalue weighted by atomic mass is 10.0. The Labute approximate surface area is 128 Å². The van der Waals surface area contributed by atoms with Crippen LogP contribution in [0.4, 0.5) is 0 Å². The largest absolute Gasteiger partial charge is 0.466 e. The van der Waals surface area contributed by atoms with Gasteiger partial charge in [-0.05, 0) is 24.6 Å². The molecule has 0 saturated carbocycles. The van der Waals surface area contributed by atoms with Crippen LogP contribution in [0.25, 0.3) is 0 Å². The summed E-state index contributed by atoms with van der Waals surface area (Å²) in [7, 11) is 0. The van der Waals surface area contributed by atoms with E-state index in [1.54, 1.807) is 0 Å². The van der Waals surface area contributed by atoms with Crippen LogP contribution in [0.15, 0.2) is 28.7 Å². The van der Waals surface area contributed by atoms with Gasteiger partial charge in [0, 0.05) is 23.6 Å². The van der Waals surface area contributed by atoms with Gasteiger partial charge in [0.1, 0.15) is 0 Å². The van der Waals surface area contributed by atoms with Crippen molar-refractivity contribution in [1.82, 2.24) is 4.90 Å². The monoisotopic (exact) mass is 341 g/mol. The molecule has 0 radical (unpaired) electrons. The van der Waals surface area contributed by atoms with Gasteiger partial charge in [0.2, 0.25) is 0 Å². The summed E-state index contributed by atoms with van der Waals surface area (Å²) in [5.41, 5.74) is 1.14. The minimum Gasteiger partial charge on any atom is -0.466 e. The number of carbonyl (C=O) groups excluding carboxylic acids is 1. The van der Waals surface area contributed by atoms with Gasteiger partial charge in [0.25, 0.3) is 0 Å². The van der Waals surface area contributed by atoms with Crippen LogP contribution in [0.1, 0.15) is 24.9 Å². The van der Waals surface area contributed by atoms with E-state index in [0.717, 1.165) is 36.3 Å². The topological polar surface area (TPSA) is 38.8 Å². The third kappa shape index (κ3) is 4.30. The fourth-order valence-corrected chi connectivity index (χ4v) is 2.67. The molecule has 1 aliphatic rings. The predicted octanol–water partition coefficient (Wildman–Crippen LogP) is 2.78. The fraction of sp³-hybridized carbons (Fsp3) is 0.533. The Morgan fingerprint density at radius 2 is 2.00 bits per heavy atom. The van der Waals surface area contributed by atoms with E-state index in [1.165, 1.54) is 0 Å². The summed E-state index contributed by atoms with van der Waals surface area (Å²) in [6.45, 7) is 5.39. The van der Waals surface area contributed by atoms with Crippen LogP contribution in [0, 0.1) is 0 Å². The van der Waals surface area contributed by atoms with E-state index in [9.17, 15) is 4.79 Å². The van der Waals surface area contributed by atoms with Gasteiger partial charge < -0.3 is 9.47 Å². The molecule has 110 valence electrons. The third-order valence-corrected chi connectivity index (χ3v) is 3.94. The van der Waals surface area contributed by atoms with Crippen LogP contribution in [0.3, 0.4) is 0 Å². The molecule has 0 aromatic heterocycles. The molecule has 0 N–H and O–H groups in total. The molecule has 0 spiro atoms. The lowest BCUT2D eigenvalue weighted by molar-refractivity contribution is -0.145. The lowest BCUT2D eigenvalue weighted by Gasteiger charge is -2.34. The van der Waals surface area contributed by atoms with Gasteiger partial charge in [-0.25, -0.2) is 0 Å². The average Bonchev–Trinajstić information content (AvgIpc) is 2.47. The first kappa shape index (κ1) is 15.5. The second-order valence-electron chi connectivity index (χ2n) is 4.72. The Morgan fingerprint density at radius 3 is 2.60 bits per heavy atom. The second kappa shape index (κ2) is 7.76. The quantitative estimate of drug-likeness (QED) is 0.772. The summed E-state index contributed by atoms with van der Waals surface area (Å²) in [6, 6.07) is 8.19. The number of hydrogen-bond acceptors (Lipinski definition) is 4. The lowest BCUT2D eigenvalue weighted by Crippen LogP contribution is -2.40. The zero-order valence-corrected chi connectivity index (χ0v) is 13.3. The van der Waals surface area contributed by atoms with Crippen LogP contribution < -0.4 is 0 Å². The van der Waals surface area contributed by atoms with Gasteiger partial charge in [-0.15, -0.1) is 0 Å². The van der Waals surface area contributed by atoms with Crippen molar-refractivity contribution in [2.45, 2.75) is 19.4 Å². The summed E-state index contributed by atoms with van der Waals surface area (Å²) >= 11 is 3.44. The molecular weight excluding hydrogens is 322 g/mol. The zero-order valence-electron chi connectivity index (χ0n) is 11.7. The molecule has 1 heterocycles. The van der Waals surface area contributed by atoms with Gasteiger partial charge in [-0.1, -0.05) is 28.1 Å². The molecule has 0 bridgehead atoms. The fourth-order valence-electron chi connectivity index (χ4n) is 2.41. The molecule has 2 rings (SSSR count). The number of rotatable bonds is 5. The maximum Gasteiger partial charge on any atom is 0.307 e. The first-order chi connectivity index (χ1) is 9.70. The number of carbonyl (C=O) groups is 1. The smallest absolute Gasteiger partial charge is 0.307 e. The molecule has 0 amide bonds. The molecular formula is C15H20BrNO3. The standard InChI is InChI=1S/C15H20BrNO3/c1-2-20-15(18)11-14(17-7-9-19-10-8-17)12-3-5-13(16)6-4-12/h3-6,14H,2,7-11H2,1H3. The van der Waals surface area contributed by atoms with E-state index in [-0.39, 0.29) is 12.0 Å². The van der Waals surface area contributed by atoms with E-state index >= 15 is 0 Å². The Kier molecular flexibility index (Phi) is 6.01. The minimum atomic E-state index is -0.146. The van der Waals surface area contributed by atoms with Gasteiger partial charge in [0.05, 0.1) is 26.2 Å². The summed E-state index contributed by atoms with van der Waals surface area (Å²) in [5.74, 6) is -0.146. The van der Waals surface area contributed by atoms with Crippen molar-refractivity contribution in [2.75, 3.05) is 32.9 Å². The molecule has 1 saturated heterocycles. The highest BCUT2D eigenvalue weighted by Gasteiger charge is 2.25. The summed E-state index contributed by atoms with van der Waals surface area (Å²) in [6.07, 6.45) is 0.384. The Bertz CT molecular complexity index is 429. The molecule has 20 heavy (non-hydrogen) atoms. The maximum atomic E-state index is 11.8. The van der Waals surface area contributed by atoms with E-state index < -0.39 is 0 Å². The SMILES string of the molecule is CCOC(=O)CC(c1ccc(Br)cc1)N1CCOCC1. The number of hydrogen-bond donors (Lipinski definition) is 0. The van der Waals surface area contributed by atoms with Gasteiger partial charge >= 0.3 is 5.97 Å². The van der Waals surface area contributed by atoms with Crippen LogP contribution >= 0.6 is 15.9 Å².